The molecular weight excluding hydrogens is 685 g/mol. The number of piperazine rings is 1. The van der Waals surface area contributed by atoms with Crippen LogP contribution in [-0.2, 0) is 31.6 Å². The number of sulfonamides is 1. The summed E-state index contributed by atoms with van der Waals surface area (Å²) in [7, 11) is -4.16. The number of rotatable bonds is 6. The zero-order valence-electron chi connectivity index (χ0n) is 22.8. The minimum Gasteiger partial charge on any atom is -0.338 e. The predicted molar refractivity (Wildman–Crippen MR) is 163 cm³/mol. The van der Waals surface area contributed by atoms with E-state index in [4.69, 9.17) is 23.2 Å². The van der Waals surface area contributed by atoms with Gasteiger partial charge in [0.1, 0.15) is 11.6 Å². The summed E-state index contributed by atoms with van der Waals surface area (Å²) in [6, 6.07) is 11.0. The lowest BCUT2D eigenvalue weighted by molar-refractivity contribution is -0.133. The van der Waals surface area contributed by atoms with Gasteiger partial charge in [-0.3, -0.25) is 14.2 Å². The van der Waals surface area contributed by atoms with Crippen LogP contribution in [0.5, 0.6) is 0 Å². The number of urea groups is 1. The highest BCUT2D eigenvalue weighted by molar-refractivity contribution is 9.10. The van der Waals surface area contributed by atoms with Gasteiger partial charge >= 0.3 is 6.03 Å². The van der Waals surface area contributed by atoms with Crippen molar-refractivity contribution in [3.8, 4) is 0 Å². The smallest absolute Gasteiger partial charge is 0.315 e. The van der Waals surface area contributed by atoms with Gasteiger partial charge in [0, 0.05) is 53.7 Å². The van der Waals surface area contributed by atoms with E-state index in [9.17, 15) is 22.8 Å². The largest absolute Gasteiger partial charge is 0.338 e. The van der Waals surface area contributed by atoms with Gasteiger partial charge < -0.3 is 15.5 Å². The van der Waals surface area contributed by atoms with Crippen molar-refractivity contribution in [2.75, 3.05) is 37.6 Å². The fourth-order valence-corrected chi connectivity index (χ4v) is 8.11. The molecule has 3 aliphatic rings. The molecule has 43 heavy (non-hydrogen) atoms. The molecule has 16 heteroatoms. The SMILES string of the molecule is C[C@@]1(Cc2ccc(Br)cc2)C(=O)N(c2cc(Cl)cc(Cl)c2)c2ncc(S(=O)(=O)N3CCN(C(=O)C4CNC(=O)N4)CC3)n21. The predicted octanol–water partition coefficient (Wildman–Crippen LogP) is 3.10. The van der Waals surface area contributed by atoms with Crippen LogP contribution >= 0.6 is 39.1 Å². The van der Waals surface area contributed by atoms with Crippen molar-refractivity contribution in [1.29, 1.82) is 0 Å². The van der Waals surface area contributed by atoms with Crippen LogP contribution in [0, 0.1) is 0 Å². The number of aromatic nitrogens is 2. The molecule has 12 nitrogen and oxygen atoms in total. The fraction of sp³-hybridized carbons (Fsp3) is 0.333. The van der Waals surface area contributed by atoms with E-state index >= 15 is 0 Å². The Labute approximate surface area is 266 Å². The van der Waals surface area contributed by atoms with E-state index in [0.29, 0.717) is 15.7 Å². The van der Waals surface area contributed by atoms with E-state index < -0.39 is 33.5 Å². The summed E-state index contributed by atoms with van der Waals surface area (Å²) < 4.78 is 31.9. The van der Waals surface area contributed by atoms with Gasteiger partial charge in [0.25, 0.3) is 15.9 Å². The Balaban J connectivity index is 1.35. The molecule has 0 radical (unpaired) electrons. The van der Waals surface area contributed by atoms with Crippen molar-refractivity contribution in [3.05, 3.63) is 68.7 Å². The third-order valence-corrected chi connectivity index (χ3v) is 10.7. The summed E-state index contributed by atoms with van der Waals surface area (Å²) in [5.41, 5.74) is -0.199. The molecular formula is C27H26BrCl2N7O5S. The number of benzene rings is 2. The highest BCUT2D eigenvalue weighted by Gasteiger charge is 2.52. The van der Waals surface area contributed by atoms with Gasteiger partial charge in [-0.2, -0.15) is 4.31 Å². The number of nitrogens with zero attached hydrogens (tertiary/aromatic N) is 5. The maximum atomic E-state index is 14.2. The number of amides is 4. The molecule has 2 fully saturated rings. The molecule has 0 spiro atoms. The minimum atomic E-state index is -4.16. The highest BCUT2D eigenvalue weighted by Crippen LogP contribution is 2.45. The molecule has 6 rings (SSSR count). The van der Waals surface area contributed by atoms with E-state index in [2.05, 4.69) is 31.5 Å². The minimum absolute atomic E-state index is 0.0354. The average Bonchev–Trinajstić information content (AvgIpc) is 3.65. The molecule has 1 aromatic heterocycles. The zero-order valence-corrected chi connectivity index (χ0v) is 26.7. The van der Waals surface area contributed by atoms with E-state index in [1.165, 1.54) is 30.9 Å². The zero-order chi connectivity index (χ0) is 30.7. The van der Waals surface area contributed by atoms with E-state index in [1.54, 1.807) is 19.1 Å². The number of hydrogen-bond donors (Lipinski definition) is 2. The molecule has 3 aliphatic heterocycles. The van der Waals surface area contributed by atoms with Crippen LogP contribution in [0.4, 0.5) is 16.4 Å². The van der Waals surface area contributed by atoms with Gasteiger partial charge in [0.2, 0.25) is 11.9 Å². The Bertz CT molecular complexity index is 1720. The first-order valence-corrected chi connectivity index (χ1v) is 16.3. The Morgan fingerprint density at radius 1 is 1.07 bits per heavy atom. The standard InChI is InChI=1S/C27H26BrCl2N7O5S/c1-27(13-16-2-4-17(28)5-3-16)24(39)36(20-11-18(29)10-19(30)12-20)26-32-15-22(37(26)27)43(41,42)35-8-6-34(7-9-35)23(38)21-14-31-25(40)33-21/h2-5,10-12,15,21H,6-9,13-14H2,1H3,(H2,31,33,40)/t21?,27-/m1/s1. The monoisotopic (exact) mass is 709 g/mol. The first kappa shape index (κ1) is 29.9. The van der Waals surface area contributed by atoms with Gasteiger partial charge in [-0.25, -0.2) is 23.1 Å². The van der Waals surface area contributed by atoms with Crippen LogP contribution < -0.4 is 15.5 Å². The number of halogens is 3. The number of hydrogen-bond acceptors (Lipinski definition) is 6. The van der Waals surface area contributed by atoms with Crippen LogP contribution in [0.2, 0.25) is 10.0 Å². The Hall–Kier alpha value is -3.17. The van der Waals surface area contributed by atoms with Gasteiger partial charge in [0.15, 0.2) is 5.03 Å². The molecule has 4 amide bonds. The lowest BCUT2D eigenvalue weighted by Gasteiger charge is -2.35. The van der Waals surface area contributed by atoms with Crippen molar-refractivity contribution >= 4 is 78.6 Å². The molecule has 2 aromatic carbocycles. The first-order valence-electron chi connectivity index (χ1n) is 13.3. The lowest BCUT2D eigenvalue weighted by atomic mass is 9.92. The van der Waals surface area contributed by atoms with E-state index in [-0.39, 0.29) is 56.0 Å². The molecule has 0 saturated carbocycles. The Morgan fingerprint density at radius 2 is 1.72 bits per heavy atom. The first-order chi connectivity index (χ1) is 20.4. The summed E-state index contributed by atoms with van der Waals surface area (Å²) in [6.45, 7) is 2.23. The normalized spacial score (nSPS) is 22.5. The van der Waals surface area contributed by atoms with Crippen LogP contribution in [0.25, 0.3) is 0 Å². The maximum absolute atomic E-state index is 14.2. The van der Waals surface area contributed by atoms with Crippen molar-refractivity contribution in [1.82, 2.24) is 29.4 Å². The second kappa shape index (κ2) is 11.1. The number of imidazole rings is 1. The summed E-state index contributed by atoms with van der Waals surface area (Å²) in [5.74, 6) is -0.542. The third kappa shape index (κ3) is 5.29. The molecule has 2 saturated heterocycles. The van der Waals surface area contributed by atoms with Crippen LogP contribution in [0.3, 0.4) is 0 Å². The van der Waals surface area contributed by atoms with Crippen LogP contribution in [0.1, 0.15) is 12.5 Å². The van der Waals surface area contributed by atoms with Crippen molar-refractivity contribution in [2.24, 2.45) is 0 Å². The second-order valence-corrected chi connectivity index (χ2v) is 14.4. The molecule has 226 valence electrons. The molecule has 2 atom stereocenters. The average molecular weight is 711 g/mol. The second-order valence-electron chi connectivity index (χ2n) is 10.7. The number of anilines is 2. The van der Waals surface area contributed by atoms with Crippen LogP contribution in [0.15, 0.2) is 58.2 Å². The topological polar surface area (TPSA) is 137 Å². The molecule has 2 N–H and O–H groups in total. The number of carbonyl (C=O) groups is 3. The summed E-state index contributed by atoms with van der Waals surface area (Å²) >= 11 is 16.0. The van der Waals surface area contributed by atoms with Gasteiger partial charge in [-0.05, 0) is 42.8 Å². The number of nitrogens with one attached hydrogen (secondary N) is 2. The highest BCUT2D eigenvalue weighted by atomic mass is 79.9. The summed E-state index contributed by atoms with van der Waals surface area (Å²) in [5, 5.41) is 5.60. The van der Waals surface area contributed by atoms with Crippen molar-refractivity contribution in [3.63, 3.8) is 0 Å². The summed E-state index contributed by atoms with van der Waals surface area (Å²) in [6.07, 6.45) is 1.44. The Morgan fingerprint density at radius 3 is 2.33 bits per heavy atom. The molecule has 4 heterocycles. The van der Waals surface area contributed by atoms with Gasteiger partial charge in [0.05, 0.1) is 11.9 Å². The number of carbonyl (C=O) groups excluding carboxylic acids is 3. The van der Waals surface area contributed by atoms with E-state index in [1.807, 2.05) is 24.3 Å². The summed E-state index contributed by atoms with van der Waals surface area (Å²) in [4.78, 5) is 45.9. The maximum Gasteiger partial charge on any atom is 0.315 e. The molecule has 3 aromatic rings. The van der Waals surface area contributed by atoms with Gasteiger partial charge in [-0.15, -0.1) is 0 Å². The molecule has 0 bridgehead atoms. The Kier molecular flexibility index (Phi) is 7.70. The lowest BCUT2D eigenvalue weighted by Crippen LogP contribution is -2.55. The third-order valence-electron chi connectivity index (χ3n) is 7.86. The quantitative estimate of drug-likeness (QED) is 0.404. The molecule has 0 aliphatic carbocycles. The fourth-order valence-electron chi connectivity index (χ4n) is 5.72. The van der Waals surface area contributed by atoms with Crippen molar-refractivity contribution < 1.29 is 22.8 Å². The van der Waals surface area contributed by atoms with E-state index in [0.717, 1.165) is 10.0 Å². The van der Waals surface area contributed by atoms with Crippen LogP contribution in [-0.4, -0.2) is 83.8 Å². The molecule has 1 unspecified atom stereocenters. The van der Waals surface area contributed by atoms with Gasteiger partial charge in [-0.1, -0.05) is 51.3 Å². The number of fused-ring (bicyclic) bond motifs is 1. The van der Waals surface area contributed by atoms with Crippen molar-refractivity contribution in [2.45, 2.75) is 30.0 Å².